The van der Waals surface area contributed by atoms with Crippen LogP contribution in [0.1, 0.15) is 49.4 Å². The summed E-state index contributed by atoms with van der Waals surface area (Å²) in [5.74, 6) is 0.691. The van der Waals surface area contributed by atoms with E-state index in [1.165, 1.54) is 23.4 Å². The maximum atomic E-state index is 12.9. The summed E-state index contributed by atoms with van der Waals surface area (Å²) in [4.78, 5) is 22.6. The minimum atomic E-state index is -0.164. The number of nitrogens with zero attached hydrogens (tertiary/aromatic N) is 3. The van der Waals surface area contributed by atoms with Gasteiger partial charge in [0.05, 0.1) is 7.11 Å². The summed E-state index contributed by atoms with van der Waals surface area (Å²) in [6, 6.07) is 15.9. The lowest BCUT2D eigenvalue weighted by Crippen LogP contribution is -2.48. The maximum absolute atomic E-state index is 12.9. The molecule has 3 N–H and O–H groups in total. The van der Waals surface area contributed by atoms with Crippen LogP contribution in [0.4, 0.5) is 22.3 Å². The number of anilines is 4. The lowest BCUT2D eigenvalue weighted by molar-refractivity contribution is 0.104. The molecule has 7 nitrogen and oxygen atoms in total. The molecule has 0 aliphatic carbocycles. The number of nitrogens with one attached hydrogen (secondary N) is 1. The van der Waals surface area contributed by atoms with Gasteiger partial charge in [0.1, 0.15) is 16.4 Å². The van der Waals surface area contributed by atoms with Crippen LogP contribution in [0.2, 0.25) is 0 Å². The van der Waals surface area contributed by atoms with Gasteiger partial charge in [-0.2, -0.15) is 0 Å². The van der Waals surface area contributed by atoms with Crippen LogP contribution in [-0.4, -0.2) is 55.0 Å². The number of ketones is 1. The monoisotopic (exact) mass is 495 g/mol. The molecular weight excluding hydrogens is 458 g/mol. The van der Waals surface area contributed by atoms with E-state index in [-0.39, 0.29) is 11.6 Å². The standard InChI is InChI=1S/C24H29N5O2S.C3H8/c1-16(2)28-11-13-29(14-12-28)19-9-7-18(8-10-19)26-24-27-23(25)22(32-24)21(30)17-5-4-6-20(15-17)31-3;1-3-2/h4-10,15-16H,11-14,25H2,1-3H3,(H,26,27);3H2,1-2H3. The number of rotatable bonds is 7. The van der Waals surface area contributed by atoms with Crippen LogP contribution < -0.4 is 20.7 Å². The number of hydrogen-bond acceptors (Lipinski definition) is 8. The molecule has 0 radical (unpaired) electrons. The number of carbonyl (C=O) groups excluding carboxylic acids is 1. The number of thiazole rings is 1. The number of benzene rings is 2. The molecule has 4 rings (SSSR count). The average molecular weight is 496 g/mol. The Hall–Kier alpha value is -3.10. The second-order valence-electron chi connectivity index (χ2n) is 8.79. The van der Waals surface area contributed by atoms with Gasteiger partial charge in [-0.25, -0.2) is 4.98 Å². The quantitative estimate of drug-likeness (QED) is 0.410. The Morgan fingerprint density at radius 2 is 1.77 bits per heavy atom. The van der Waals surface area contributed by atoms with E-state index in [2.05, 4.69) is 59.9 Å². The van der Waals surface area contributed by atoms with Crippen LogP contribution in [0.25, 0.3) is 0 Å². The third kappa shape index (κ3) is 6.96. The SMILES string of the molecule is CCC.COc1cccc(C(=O)c2sc(Nc3ccc(N4CCN(C(C)C)CC4)cc3)nc2N)c1. The molecule has 1 saturated heterocycles. The lowest BCUT2D eigenvalue weighted by atomic mass is 10.1. The van der Waals surface area contributed by atoms with Crippen molar-refractivity contribution in [1.29, 1.82) is 0 Å². The molecule has 0 atom stereocenters. The molecule has 0 spiro atoms. The Kier molecular flexibility index (Phi) is 9.51. The molecule has 1 fully saturated rings. The van der Waals surface area contributed by atoms with Gasteiger partial charge in [0.25, 0.3) is 0 Å². The van der Waals surface area contributed by atoms with Gasteiger partial charge in [0.2, 0.25) is 5.78 Å². The largest absolute Gasteiger partial charge is 0.497 e. The summed E-state index contributed by atoms with van der Waals surface area (Å²) in [6.07, 6.45) is 1.25. The van der Waals surface area contributed by atoms with Crippen molar-refractivity contribution in [3.8, 4) is 5.75 Å². The third-order valence-corrected chi connectivity index (χ3v) is 6.71. The Bertz CT molecular complexity index is 1090. The summed E-state index contributed by atoms with van der Waals surface area (Å²) < 4.78 is 5.21. The van der Waals surface area contributed by atoms with Crippen molar-refractivity contribution in [1.82, 2.24) is 9.88 Å². The molecule has 188 valence electrons. The maximum Gasteiger partial charge on any atom is 0.206 e. The molecule has 35 heavy (non-hydrogen) atoms. The van der Waals surface area contributed by atoms with E-state index in [1.54, 1.807) is 31.4 Å². The van der Waals surface area contributed by atoms with Gasteiger partial charge < -0.3 is 20.7 Å². The molecule has 1 aromatic heterocycles. The smallest absolute Gasteiger partial charge is 0.206 e. The van der Waals surface area contributed by atoms with Crippen molar-refractivity contribution in [2.24, 2.45) is 0 Å². The predicted octanol–water partition coefficient (Wildman–Crippen LogP) is 5.66. The zero-order valence-electron chi connectivity index (χ0n) is 21.4. The molecule has 0 bridgehead atoms. The van der Waals surface area contributed by atoms with Crippen molar-refractivity contribution in [3.63, 3.8) is 0 Å². The first-order valence-corrected chi connectivity index (χ1v) is 13.0. The Balaban J connectivity index is 0.00000108. The minimum absolute atomic E-state index is 0.164. The van der Waals surface area contributed by atoms with Crippen molar-refractivity contribution in [2.45, 2.75) is 40.2 Å². The van der Waals surface area contributed by atoms with E-state index in [0.29, 0.717) is 27.4 Å². The number of aromatic nitrogens is 1. The van der Waals surface area contributed by atoms with Crippen molar-refractivity contribution < 1.29 is 9.53 Å². The van der Waals surface area contributed by atoms with Crippen molar-refractivity contribution in [2.75, 3.05) is 49.2 Å². The first-order valence-electron chi connectivity index (χ1n) is 12.2. The first-order chi connectivity index (χ1) is 16.9. The second kappa shape index (κ2) is 12.6. The highest BCUT2D eigenvalue weighted by molar-refractivity contribution is 7.18. The molecule has 1 aliphatic heterocycles. The van der Waals surface area contributed by atoms with E-state index in [0.717, 1.165) is 31.9 Å². The summed E-state index contributed by atoms with van der Waals surface area (Å²) in [5, 5.41) is 3.86. The van der Waals surface area contributed by atoms with Gasteiger partial charge in [-0.3, -0.25) is 9.69 Å². The van der Waals surface area contributed by atoms with Crippen molar-refractivity contribution in [3.05, 3.63) is 59.0 Å². The molecular formula is C27H37N5O2S. The van der Waals surface area contributed by atoms with Gasteiger partial charge in [-0.05, 0) is 50.2 Å². The number of nitrogen functional groups attached to an aromatic ring is 1. The third-order valence-electron chi connectivity index (χ3n) is 5.72. The molecule has 0 saturated carbocycles. The Morgan fingerprint density at radius 3 is 2.37 bits per heavy atom. The molecule has 2 heterocycles. The summed E-state index contributed by atoms with van der Waals surface area (Å²) >= 11 is 1.25. The van der Waals surface area contributed by atoms with E-state index in [9.17, 15) is 4.79 Å². The Morgan fingerprint density at radius 1 is 1.11 bits per heavy atom. The molecule has 0 unspecified atom stereocenters. The molecule has 8 heteroatoms. The molecule has 3 aromatic rings. The van der Waals surface area contributed by atoms with E-state index < -0.39 is 0 Å². The van der Waals surface area contributed by atoms with E-state index in [4.69, 9.17) is 10.5 Å². The fourth-order valence-corrected chi connectivity index (χ4v) is 4.69. The highest BCUT2D eigenvalue weighted by Gasteiger charge is 2.20. The normalized spacial score (nSPS) is 13.8. The van der Waals surface area contributed by atoms with Gasteiger partial charge >= 0.3 is 0 Å². The zero-order valence-corrected chi connectivity index (χ0v) is 22.2. The number of methoxy groups -OCH3 is 1. The van der Waals surface area contributed by atoms with Gasteiger partial charge in [-0.15, -0.1) is 0 Å². The highest BCUT2D eigenvalue weighted by Crippen LogP contribution is 2.31. The number of carbonyl (C=O) groups is 1. The number of hydrogen-bond donors (Lipinski definition) is 2. The zero-order chi connectivity index (χ0) is 25.4. The number of ether oxygens (including phenoxy) is 1. The topological polar surface area (TPSA) is 83.7 Å². The van der Waals surface area contributed by atoms with Gasteiger partial charge in [0.15, 0.2) is 5.13 Å². The van der Waals surface area contributed by atoms with E-state index >= 15 is 0 Å². The molecule has 2 aromatic carbocycles. The number of piperazine rings is 1. The first kappa shape index (κ1) is 26.5. The van der Waals surface area contributed by atoms with Crippen LogP contribution in [0.3, 0.4) is 0 Å². The average Bonchev–Trinajstić information content (AvgIpc) is 3.24. The van der Waals surface area contributed by atoms with Crippen LogP contribution >= 0.6 is 11.3 Å². The predicted molar refractivity (Wildman–Crippen MR) is 148 cm³/mol. The molecule has 1 aliphatic rings. The minimum Gasteiger partial charge on any atom is -0.497 e. The number of nitrogens with two attached hydrogens (primary N) is 1. The summed E-state index contributed by atoms with van der Waals surface area (Å²) in [7, 11) is 1.57. The second-order valence-corrected chi connectivity index (χ2v) is 9.79. The fraction of sp³-hybridized carbons (Fsp3) is 0.407. The van der Waals surface area contributed by atoms with Crippen LogP contribution in [0, 0.1) is 0 Å². The fourth-order valence-electron chi connectivity index (χ4n) is 3.82. The van der Waals surface area contributed by atoms with Crippen LogP contribution in [0.5, 0.6) is 5.75 Å². The van der Waals surface area contributed by atoms with Gasteiger partial charge in [0, 0.05) is 49.2 Å². The highest BCUT2D eigenvalue weighted by atomic mass is 32.1. The summed E-state index contributed by atoms with van der Waals surface area (Å²) in [6.45, 7) is 13.0. The summed E-state index contributed by atoms with van der Waals surface area (Å²) in [5.41, 5.74) is 8.70. The molecule has 0 amide bonds. The Labute approximate surface area is 212 Å². The van der Waals surface area contributed by atoms with Crippen LogP contribution in [-0.2, 0) is 0 Å². The van der Waals surface area contributed by atoms with E-state index in [1.807, 2.05) is 12.1 Å². The van der Waals surface area contributed by atoms with Crippen molar-refractivity contribution >= 4 is 39.4 Å². The van der Waals surface area contributed by atoms with Gasteiger partial charge in [-0.1, -0.05) is 43.7 Å². The lowest BCUT2D eigenvalue weighted by Gasteiger charge is -2.38. The van der Waals surface area contributed by atoms with Crippen LogP contribution in [0.15, 0.2) is 48.5 Å².